The first-order chi connectivity index (χ1) is 10.8. The molecule has 0 unspecified atom stereocenters. The minimum absolute atomic E-state index is 0.368. The molecule has 0 aliphatic carbocycles. The van der Waals surface area contributed by atoms with Crippen molar-refractivity contribution in [1.82, 2.24) is 10.3 Å². The number of hydrogen-bond acceptors (Lipinski definition) is 3. The van der Waals surface area contributed by atoms with Crippen LogP contribution in [0.15, 0.2) is 67.0 Å². The summed E-state index contributed by atoms with van der Waals surface area (Å²) >= 11 is 0. The number of aromatic nitrogens is 1. The van der Waals surface area contributed by atoms with Crippen molar-refractivity contribution in [3.8, 4) is 0 Å². The Morgan fingerprint density at radius 3 is 2.68 bits per heavy atom. The highest BCUT2D eigenvalue weighted by Gasteiger charge is 2.05. The fraction of sp³-hybridized carbons (Fsp3) is 0.211. The van der Waals surface area contributed by atoms with E-state index in [-0.39, 0.29) is 6.10 Å². The summed E-state index contributed by atoms with van der Waals surface area (Å²) in [7, 11) is 0. The maximum atomic E-state index is 10.1. The van der Waals surface area contributed by atoms with E-state index in [1.807, 2.05) is 48.8 Å². The molecule has 2 N–H and O–H groups in total. The van der Waals surface area contributed by atoms with Gasteiger partial charge >= 0.3 is 0 Å². The molecule has 0 fully saturated rings. The summed E-state index contributed by atoms with van der Waals surface area (Å²) in [5, 5.41) is 15.7. The number of pyridine rings is 1. The molecule has 0 saturated heterocycles. The average molecular weight is 292 g/mol. The minimum atomic E-state index is -0.368. The van der Waals surface area contributed by atoms with Crippen molar-refractivity contribution in [1.29, 1.82) is 0 Å². The molecule has 0 saturated carbocycles. The molecule has 112 valence electrons. The van der Waals surface area contributed by atoms with Crippen LogP contribution >= 0.6 is 0 Å². The second-order valence-corrected chi connectivity index (χ2v) is 5.53. The van der Waals surface area contributed by atoms with Gasteiger partial charge in [0.05, 0.1) is 6.10 Å². The second-order valence-electron chi connectivity index (χ2n) is 5.53. The van der Waals surface area contributed by atoms with Crippen LogP contribution in [-0.4, -0.2) is 22.7 Å². The number of benzene rings is 2. The van der Waals surface area contributed by atoms with Crippen LogP contribution in [0.3, 0.4) is 0 Å². The molecule has 3 heteroatoms. The Bertz CT molecular complexity index is 728. The number of aliphatic hydroxyl groups is 1. The van der Waals surface area contributed by atoms with E-state index in [9.17, 15) is 5.11 Å². The van der Waals surface area contributed by atoms with Crippen LogP contribution in [0.25, 0.3) is 10.8 Å². The van der Waals surface area contributed by atoms with Crippen molar-refractivity contribution in [3.05, 3.63) is 78.1 Å². The zero-order valence-electron chi connectivity index (χ0n) is 12.4. The largest absolute Gasteiger partial charge is 0.391 e. The van der Waals surface area contributed by atoms with Gasteiger partial charge in [-0.25, -0.2) is 0 Å². The quantitative estimate of drug-likeness (QED) is 0.734. The number of hydrogen-bond donors (Lipinski definition) is 2. The highest BCUT2D eigenvalue weighted by Crippen LogP contribution is 2.14. The molecule has 1 atom stereocenters. The lowest BCUT2D eigenvalue weighted by molar-refractivity contribution is 0.171. The van der Waals surface area contributed by atoms with Gasteiger partial charge < -0.3 is 10.4 Å². The van der Waals surface area contributed by atoms with E-state index >= 15 is 0 Å². The van der Waals surface area contributed by atoms with E-state index in [0.717, 1.165) is 17.5 Å². The van der Waals surface area contributed by atoms with Crippen molar-refractivity contribution in [2.75, 3.05) is 6.54 Å². The van der Waals surface area contributed by atoms with Crippen LogP contribution in [0.1, 0.15) is 11.1 Å². The van der Waals surface area contributed by atoms with Gasteiger partial charge in [-0.15, -0.1) is 0 Å². The van der Waals surface area contributed by atoms with Gasteiger partial charge in [0.15, 0.2) is 0 Å². The monoisotopic (exact) mass is 292 g/mol. The summed E-state index contributed by atoms with van der Waals surface area (Å²) in [5.74, 6) is 0. The Balaban J connectivity index is 1.51. The molecule has 1 heterocycles. The second kappa shape index (κ2) is 7.16. The summed E-state index contributed by atoms with van der Waals surface area (Å²) in [4.78, 5) is 4.12. The number of rotatable bonds is 6. The third-order valence-electron chi connectivity index (χ3n) is 3.73. The topological polar surface area (TPSA) is 45.1 Å². The predicted molar refractivity (Wildman–Crippen MR) is 89.6 cm³/mol. The van der Waals surface area contributed by atoms with Crippen LogP contribution < -0.4 is 5.32 Å². The zero-order chi connectivity index (χ0) is 15.2. The number of fused-ring (bicyclic) bond motifs is 1. The summed E-state index contributed by atoms with van der Waals surface area (Å²) in [6.07, 6.45) is 3.99. The smallest absolute Gasteiger partial charge is 0.0704 e. The molecule has 2 aromatic carbocycles. The van der Waals surface area contributed by atoms with E-state index in [2.05, 4.69) is 28.5 Å². The molecule has 3 aromatic rings. The van der Waals surface area contributed by atoms with E-state index in [1.165, 1.54) is 10.9 Å². The first kappa shape index (κ1) is 14.7. The molecular formula is C19H20N2O. The molecule has 22 heavy (non-hydrogen) atoms. The Morgan fingerprint density at radius 2 is 1.82 bits per heavy atom. The van der Waals surface area contributed by atoms with Crippen molar-refractivity contribution in [3.63, 3.8) is 0 Å². The van der Waals surface area contributed by atoms with Gasteiger partial charge in [0.1, 0.15) is 0 Å². The lowest BCUT2D eigenvalue weighted by Crippen LogP contribution is -2.28. The molecule has 0 radical (unpaired) electrons. The summed E-state index contributed by atoms with van der Waals surface area (Å²) < 4.78 is 0. The lowest BCUT2D eigenvalue weighted by atomic mass is 10.1. The summed E-state index contributed by atoms with van der Waals surface area (Å²) in [6, 6.07) is 18.4. The maximum Gasteiger partial charge on any atom is 0.0704 e. The van der Waals surface area contributed by atoms with Crippen LogP contribution in [0.5, 0.6) is 0 Å². The fourth-order valence-corrected chi connectivity index (χ4v) is 2.58. The lowest BCUT2D eigenvalue weighted by Gasteiger charge is -2.12. The molecule has 0 spiro atoms. The predicted octanol–water partition coefficient (Wildman–Crippen LogP) is 2.93. The van der Waals surface area contributed by atoms with Crippen LogP contribution in [-0.2, 0) is 13.0 Å². The molecular weight excluding hydrogens is 272 g/mol. The molecule has 0 aliphatic heterocycles. The highest BCUT2D eigenvalue weighted by atomic mass is 16.3. The van der Waals surface area contributed by atoms with Gasteiger partial charge in [-0.1, -0.05) is 42.5 Å². The molecule has 3 nitrogen and oxygen atoms in total. The van der Waals surface area contributed by atoms with Gasteiger partial charge in [-0.3, -0.25) is 4.98 Å². The summed E-state index contributed by atoms with van der Waals surface area (Å²) in [6.45, 7) is 1.34. The molecule has 0 amide bonds. The van der Waals surface area contributed by atoms with Gasteiger partial charge in [0.2, 0.25) is 0 Å². The first-order valence-electron chi connectivity index (χ1n) is 7.56. The Hall–Kier alpha value is -2.23. The normalized spacial score (nSPS) is 12.4. The summed E-state index contributed by atoms with van der Waals surface area (Å²) in [5.41, 5.74) is 2.38. The van der Waals surface area contributed by atoms with Crippen molar-refractivity contribution >= 4 is 10.8 Å². The fourth-order valence-electron chi connectivity index (χ4n) is 2.58. The van der Waals surface area contributed by atoms with E-state index in [1.54, 1.807) is 0 Å². The third-order valence-corrected chi connectivity index (χ3v) is 3.73. The van der Waals surface area contributed by atoms with Gasteiger partial charge in [-0.05, 0) is 35.1 Å². The third kappa shape index (κ3) is 3.91. The van der Waals surface area contributed by atoms with Crippen LogP contribution in [0.2, 0.25) is 0 Å². The zero-order valence-corrected chi connectivity index (χ0v) is 12.4. The van der Waals surface area contributed by atoms with E-state index in [4.69, 9.17) is 0 Å². The number of nitrogens with one attached hydrogen (secondary N) is 1. The van der Waals surface area contributed by atoms with Crippen LogP contribution in [0.4, 0.5) is 0 Å². The minimum Gasteiger partial charge on any atom is -0.391 e. The van der Waals surface area contributed by atoms with Crippen molar-refractivity contribution in [2.45, 2.75) is 19.1 Å². The first-order valence-corrected chi connectivity index (χ1v) is 7.56. The average Bonchev–Trinajstić information content (AvgIpc) is 2.55. The SMILES string of the molecule is O[C@H](CNCc1ccc2cnccc2c1)Cc1ccccc1. The van der Waals surface area contributed by atoms with Crippen molar-refractivity contribution in [2.24, 2.45) is 0 Å². The highest BCUT2D eigenvalue weighted by molar-refractivity contribution is 5.81. The van der Waals surface area contributed by atoms with Gasteiger partial charge in [0.25, 0.3) is 0 Å². The maximum absolute atomic E-state index is 10.1. The van der Waals surface area contributed by atoms with Crippen LogP contribution in [0, 0.1) is 0 Å². The number of nitrogens with zero attached hydrogens (tertiary/aromatic N) is 1. The van der Waals surface area contributed by atoms with Gasteiger partial charge in [-0.2, -0.15) is 0 Å². The van der Waals surface area contributed by atoms with Crippen molar-refractivity contribution < 1.29 is 5.11 Å². The Kier molecular flexibility index (Phi) is 4.78. The molecule has 1 aromatic heterocycles. The Morgan fingerprint density at radius 1 is 0.955 bits per heavy atom. The number of aliphatic hydroxyl groups excluding tert-OH is 1. The van der Waals surface area contributed by atoms with E-state index in [0.29, 0.717) is 13.0 Å². The van der Waals surface area contributed by atoms with E-state index < -0.39 is 0 Å². The Labute approximate surface area is 130 Å². The van der Waals surface area contributed by atoms with Gasteiger partial charge in [0, 0.05) is 30.9 Å². The molecule has 3 rings (SSSR count). The standard InChI is InChI=1S/C19H20N2O/c22-19(11-15-4-2-1-3-5-15)14-21-12-16-6-7-18-13-20-9-8-17(18)10-16/h1-10,13,19,21-22H,11-12,14H2/t19-/m0/s1. The molecule has 0 bridgehead atoms. The molecule has 0 aliphatic rings.